The highest BCUT2D eigenvalue weighted by Gasteiger charge is 2.29. The van der Waals surface area contributed by atoms with Crippen molar-refractivity contribution >= 4 is 8.32 Å². The second-order valence-corrected chi connectivity index (χ2v) is 9.58. The average molecular weight is 268 g/mol. The quantitative estimate of drug-likeness (QED) is 0.559. The molecule has 1 aromatic rings. The molecule has 0 N–H and O–H groups in total. The van der Waals surface area contributed by atoms with Gasteiger partial charge < -0.3 is 13.9 Å². The van der Waals surface area contributed by atoms with Gasteiger partial charge in [-0.3, -0.25) is 0 Å². The van der Waals surface area contributed by atoms with E-state index in [9.17, 15) is 0 Å². The van der Waals surface area contributed by atoms with Crippen molar-refractivity contribution in [2.24, 2.45) is 0 Å². The monoisotopic (exact) mass is 268 g/mol. The predicted molar refractivity (Wildman–Crippen MR) is 76.0 cm³/mol. The molecule has 1 rings (SSSR count). The number of hydrogen-bond acceptors (Lipinski definition) is 3. The summed E-state index contributed by atoms with van der Waals surface area (Å²) in [4.78, 5) is 0. The lowest BCUT2D eigenvalue weighted by molar-refractivity contribution is -0.159. The minimum absolute atomic E-state index is 0.183. The predicted octanol–water partition coefficient (Wildman–Crippen LogP) is 3.59. The summed E-state index contributed by atoms with van der Waals surface area (Å²) in [7, 11) is 0.0173. The summed E-state index contributed by atoms with van der Waals surface area (Å²) in [5.74, 6) is 0. The van der Waals surface area contributed by atoms with Gasteiger partial charge in [-0.15, -0.1) is 0 Å². The highest BCUT2D eigenvalue weighted by Crippen LogP contribution is 2.26. The number of hydrogen-bond donors (Lipinski definition) is 0. The molecule has 18 heavy (non-hydrogen) atoms. The van der Waals surface area contributed by atoms with E-state index in [4.69, 9.17) is 13.9 Å². The Balaban J connectivity index is 2.87. The van der Waals surface area contributed by atoms with E-state index in [-0.39, 0.29) is 12.4 Å². The highest BCUT2D eigenvalue weighted by molar-refractivity contribution is 6.69. The van der Waals surface area contributed by atoms with Crippen LogP contribution in [-0.2, 0) is 13.9 Å². The van der Waals surface area contributed by atoms with Crippen LogP contribution in [-0.4, -0.2) is 28.3 Å². The summed E-state index contributed by atoms with van der Waals surface area (Å²) in [5.41, 5.74) is 1.08. The van der Waals surface area contributed by atoms with Crippen molar-refractivity contribution in [2.45, 2.75) is 39.0 Å². The van der Waals surface area contributed by atoms with E-state index in [2.05, 4.69) is 19.6 Å². The fraction of sp³-hybridized carbons (Fsp3) is 0.571. The molecule has 0 bridgehead atoms. The summed E-state index contributed by atoms with van der Waals surface area (Å²) in [6.07, 6.45) is -0.521. The van der Waals surface area contributed by atoms with Crippen LogP contribution < -0.4 is 0 Å². The van der Waals surface area contributed by atoms with Gasteiger partial charge in [-0.05, 0) is 32.1 Å². The molecular weight excluding hydrogens is 244 g/mol. The lowest BCUT2D eigenvalue weighted by atomic mass is 10.1. The van der Waals surface area contributed by atoms with Crippen molar-refractivity contribution in [3.05, 3.63) is 35.9 Å². The fourth-order valence-electron chi connectivity index (χ4n) is 1.74. The molecule has 3 nitrogen and oxygen atoms in total. The Bertz CT molecular complexity index is 335. The zero-order valence-electron chi connectivity index (χ0n) is 12.0. The first kappa shape index (κ1) is 15.4. The maximum absolute atomic E-state index is 6.08. The fourth-order valence-corrected chi connectivity index (χ4v) is 2.63. The molecular formula is C14H24O3Si. The maximum Gasteiger partial charge on any atom is 0.187 e. The van der Waals surface area contributed by atoms with Crippen LogP contribution in [0.15, 0.2) is 30.3 Å². The molecule has 4 heteroatoms. The van der Waals surface area contributed by atoms with Gasteiger partial charge in [0.25, 0.3) is 0 Å². The molecule has 102 valence electrons. The van der Waals surface area contributed by atoms with E-state index in [1.165, 1.54) is 0 Å². The Hall–Kier alpha value is -0.683. The van der Waals surface area contributed by atoms with E-state index in [1.807, 2.05) is 37.3 Å². The Morgan fingerprint density at radius 2 is 1.72 bits per heavy atom. The summed E-state index contributed by atoms with van der Waals surface area (Å²) in [6, 6.07) is 10.1. The van der Waals surface area contributed by atoms with Crippen LogP contribution in [0.3, 0.4) is 0 Å². The third kappa shape index (κ3) is 4.90. The van der Waals surface area contributed by atoms with Gasteiger partial charge in [0.1, 0.15) is 6.10 Å². The minimum atomic E-state index is -1.67. The van der Waals surface area contributed by atoms with E-state index in [1.54, 1.807) is 7.11 Å². The third-order valence-corrected chi connectivity index (χ3v) is 3.37. The molecule has 2 atom stereocenters. The van der Waals surface area contributed by atoms with Crippen LogP contribution >= 0.6 is 0 Å². The van der Waals surface area contributed by atoms with Gasteiger partial charge in [0.05, 0.1) is 0 Å². The normalized spacial score (nSPS) is 15.4. The molecule has 0 radical (unpaired) electrons. The first-order chi connectivity index (χ1) is 8.48. The first-order valence-corrected chi connectivity index (χ1v) is 9.76. The Kier molecular flexibility index (Phi) is 6.01. The van der Waals surface area contributed by atoms with Gasteiger partial charge in [0.2, 0.25) is 0 Å². The van der Waals surface area contributed by atoms with Crippen LogP contribution in [0.4, 0.5) is 0 Å². The number of rotatable bonds is 7. The summed E-state index contributed by atoms with van der Waals surface area (Å²) < 4.78 is 17.4. The van der Waals surface area contributed by atoms with Crippen molar-refractivity contribution in [3.8, 4) is 0 Å². The van der Waals surface area contributed by atoms with Gasteiger partial charge in [0.15, 0.2) is 14.6 Å². The zero-order chi connectivity index (χ0) is 13.6. The summed E-state index contributed by atoms with van der Waals surface area (Å²) >= 11 is 0. The van der Waals surface area contributed by atoms with Crippen molar-refractivity contribution < 1.29 is 13.9 Å². The molecule has 0 aliphatic heterocycles. The van der Waals surface area contributed by atoms with Crippen LogP contribution in [0, 0.1) is 0 Å². The van der Waals surface area contributed by atoms with E-state index in [0.717, 1.165) is 5.56 Å². The van der Waals surface area contributed by atoms with Gasteiger partial charge in [-0.1, -0.05) is 30.3 Å². The molecule has 0 spiro atoms. The smallest absolute Gasteiger partial charge is 0.187 e. The molecule has 1 unspecified atom stereocenters. The Labute approximate surface area is 111 Å². The maximum atomic E-state index is 6.08. The topological polar surface area (TPSA) is 27.7 Å². The largest absolute Gasteiger partial charge is 0.391 e. The molecule has 1 aromatic carbocycles. The zero-order valence-corrected chi connectivity index (χ0v) is 13.0. The van der Waals surface area contributed by atoms with Crippen molar-refractivity contribution in [2.75, 3.05) is 13.7 Å². The standard InChI is InChI=1S/C14H24O3Si/c1-6-16-14(17-18(3,4)5)13(15-2)12-10-8-7-9-11-12/h7-11,13-14H,6H2,1-5H3/t13-,14?/m1/s1. The SMILES string of the molecule is CCOC(O[Si](C)(C)C)[C@H](OC)c1ccccc1. The van der Waals surface area contributed by atoms with Crippen molar-refractivity contribution in [1.82, 2.24) is 0 Å². The van der Waals surface area contributed by atoms with Gasteiger partial charge in [-0.25, -0.2) is 0 Å². The Morgan fingerprint density at radius 3 is 2.17 bits per heavy atom. The van der Waals surface area contributed by atoms with Crippen LogP contribution in [0.2, 0.25) is 19.6 Å². The van der Waals surface area contributed by atoms with E-state index in [0.29, 0.717) is 6.61 Å². The molecule has 0 saturated carbocycles. The molecule has 0 aliphatic rings. The summed E-state index contributed by atoms with van der Waals surface area (Å²) in [6.45, 7) is 9.03. The number of ether oxygens (including phenoxy) is 2. The number of methoxy groups -OCH3 is 1. The lowest BCUT2D eigenvalue weighted by Gasteiger charge is -2.31. The molecule has 0 heterocycles. The highest BCUT2D eigenvalue weighted by atomic mass is 28.4. The third-order valence-electron chi connectivity index (χ3n) is 2.43. The first-order valence-electron chi connectivity index (χ1n) is 6.35. The molecule has 0 fully saturated rings. The summed E-state index contributed by atoms with van der Waals surface area (Å²) in [5, 5.41) is 0. The second kappa shape index (κ2) is 7.04. The van der Waals surface area contributed by atoms with Crippen LogP contribution in [0.1, 0.15) is 18.6 Å². The van der Waals surface area contributed by atoms with Crippen LogP contribution in [0.5, 0.6) is 0 Å². The number of benzene rings is 1. The van der Waals surface area contributed by atoms with Crippen molar-refractivity contribution in [3.63, 3.8) is 0 Å². The molecule has 0 aliphatic carbocycles. The molecule has 0 aromatic heterocycles. The van der Waals surface area contributed by atoms with E-state index < -0.39 is 8.32 Å². The van der Waals surface area contributed by atoms with Crippen molar-refractivity contribution in [1.29, 1.82) is 0 Å². The van der Waals surface area contributed by atoms with Crippen LogP contribution in [0.25, 0.3) is 0 Å². The lowest BCUT2D eigenvalue weighted by Crippen LogP contribution is -2.37. The minimum Gasteiger partial charge on any atom is -0.391 e. The average Bonchev–Trinajstić information content (AvgIpc) is 2.29. The van der Waals surface area contributed by atoms with Gasteiger partial charge in [-0.2, -0.15) is 0 Å². The van der Waals surface area contributed by atoms with E-state index >= 15 is 0 Å². The molecule has 0 saturated heterocycles. The second-order valence-electron chi connectivity index (χ2n) is 5.12. The Morgan fingerprint density at radius 1 is 1.11 bits per heavy atom. The molecule has 0 amide bonds. The van der Waals surface area contributed by atoms with Gasteiger partial charge in [0, 0.05) is 13.7 Å². The van der Waals surface area contributed by atoms with Gasteiger partial charge >= 0.3 is 0 Å².